The minimum atomic E-state index is -0.258. The van der Waals surface area contributed by atoms with Crippen LogP contribution in [0.15, 0.2) is 42.5 Å². The molecule has 2 N–H and O–H groups in total. The molecule has 1 fully saturated rings. The molecule has 25 heavy (non-hydrogen) atoms. The van der Waals surface area contributed by atoms with E-state index in [9.17, 15) is 4.39 Å². The van der Waals surface area contributed by atoms with Gasteiger partial charge in [0.2, 0.25) is 0 Å². The van der Waals surface area contributed by atoms with Gasteiger partial charge in [0.25, 0.3) is 0 Å². The van der Waals surface area contributed by atoms with E-state index in [0.29, 0.717) is 17.1 Å². The molecule has 1 aliphatic rings. The summed E-state index contributed by atoms with van der Waals surface area (Å²) >= 11 is 12.5. The van der Waals surface area contributed by atoms with Gasteiger partial charge in [-0.15, -0.1) is 0 Å². The van der Waals surface area contributed by atoms with Gasteiger partial charge >= 0.3 is 0 Å². The molecule has 0 spiro atoms. The first-order valence-electron chi connectivity index (χ1n) is 8.68. The predicted octanol–water partition coefficient (Wildman–Crippen LogP) is 5.28. The van der Waals surface area contributed by atoms with Gasteiger partial charge in [-0.3, -0.25) is 0 Å². The summed E-state index contributed by atoms with van der Waals surface area (Å²) < 4.78 is 14.0. The van der Waals surface area contributed by atoms with Crippen LogP contribution < -0.4 is 10.6 Å². The van der Waals surface area contributed by atoms with E-state index in [4.69, 9.17) is 23.2 Å². The van der Waals surface area contributed by atoms with E-state index >= 15 is 0 Å². The third-order valence-corrected chi connectivity index (χ3v) is 5.82. The average Bonchev–Trinajstić information content (AvgIpc) is 2.63. The number of benzene rings is 2. The molecular formula is C20H23Cl2FN2. The van der Waals surface area contributed by atoms with Crippen molar-refractivity contribution in [1.29, 1.82) is 0 Å². The molecule has 2 aromatic carbocycles. The Hall–Kier alpha value is -1.13. The predicted molar refractivity (Wildman–Crippen MR) is 103 cm³/mol. The lowest BCUT2D eigenvalue weighted by Gasteiger charge is -2.45. The molecule has 0 radical (unpaired) electrons. The van der Waals surface area contributed by atoms with Crippen molar-refractivity contribution in [3.8, 4) is 0 Å². The van der Waals surface area contributed by atoms with Crippen molar-refractivity contribution < 1.29 is 4.39 Å². The van der Waals surface area contributed by atoms with E-state index in [1.54, 1.807) is 12.1 Å². The molecule has 0 aromatic heterocycles. The van der Waals surface area contributed by atoms with Crippen LogP contribution in [0.5, 0.6) is 0 Å². The SMILES string of the molecule is CN[C@@]1(c2ccccc2Cl)CCCC[C@@H]1NCc1cc(Cl)ccc1F. The van der Waals surface area contributed by atoms with Crippen molar-refractivity contribution in [2.45, 2.75) is 43.8 Å². The highest BCUT2D eigenvalue weighted by molar-refractivity contribution is 6.31. The molecule has 0 unspecified atom stereocenters. The molecule has 5 heteroatoms. The number of halogens is 3. The Bertz CT molecular complexity index is 737. The number of hydrogen-bond donors (Lipinski definition) is 2. The second-order valence-corrected chi connectivity index (χ2v) is 7.46. The van der Waals surface area contributed by atoms with Crippen molar-refractivity contribution in [3.63, 3.8) is 0 Å². The summed E-state index contributed by atoms with van der Waals surface area (Å²) in [5, 5.41) is 8.39. The summed E-state index contributed by atoms with van der Waals surface area (Å²) in [7, 11) is 1.98. The Labute approximate surface area is 158 Å². The summed E-state index contributed by atoms with van der Waals surface area (Å²) in [6.45, 7) is 0.435. The van der Waals surface area contributed by atoms with Crippen molar-refractivity contribution in [2.24, 2.45) is 0 Å². The minimum absolute atomic E-state index is 0.157. The van der Waals surface area contributed by atoms with E-state index in [-0.39, 0.29) is 17.4 Å². The molecule has 0 heterocycles. The van der Waals surface area contributed by atoms with Crippen LogP contribution in [0.25, 0.3) is 0 Å². The van der Waals surface area contributed by atoms with Crippen LogP contribution in [0.2, 0.25) is 10.0 Å². The number of likely N-dealkylation sites (N-methyl/N-ethyl adjacent to an activating group) is 1. The summed E-state index contributed by atoms with van der Waals surface area (Å²) in [5.74, 6) is -0.236. The standard InChI is InChI=1S/C20H23Cl2FN2/c1-24-20(16-6-2-3-7-17(16)22)11-5-4-8-19(20)25-13-14-12-15(21)9-10-18(14)23/h2-3,6-7,9-10,12,19,24-25H,4-5,8,11,13H2,1H3/t19-,20+/m0/s1. The lowest BCUT2D eigenvalue weighted by molar-refractivity contribution is 0.176. The van der Waals surface area contributed by atoms with Crippen molar-refractivity contribution >= 4 is 23.2 Å². The van der Waals surface area contributed by atoms with Crippen LogP contribution in [0.1, 0.15) is 36.8 Å². The zero-order valence-electron chi connectivity index (χ0n) is 14.3. The number of rotatable bonds is 5. The van der Waals surface area contributed by atoms with Gasteiger partial charge in [0, 0.05) is 28.2 Å². The summed E-state index contributed by atoms with van der Waals surface area (Å²) in [5.41, 5.74) is 1.43. The molecule has 0 amide bonds. The fourth-order valence-corrected chi connectivity index (χ4v) is 4.44. The average molecular weight is 381 g/mol. The van der Waals surface area contributed by atoms with Crippen LogP contribution in [0, 0.1) is 5.82 Å². The van der Waals surface area contributed by atoms with Gasteiger partial charge in [0.05, 0.1) is 5.54 Å². The van der Waals surface area contributed by atoms with E-state index in [2.05, 4.69) is 16.7 Å². The summed E-state index contributed by atoms with van der Waals surface area (Å²) in [6, 6.07) is 12.8. The molecule has 0 bridgehead atoms. The molecule has 2 nitrogen and oxygen atoms in total. The van der Waals surface area contributed by atoms with Crippen LogP contribution in [0.3, 0.4) is 0 Å². The lowest BCUT2D eigenvalue weighted by Crippen LogP contribution is -2.57. The van der Waals surface area contributed by atoms with Gasteiger partial charge in [-0.25, -0.2) is 4.39 Å². The molecule has 0 saturated heterocycles. The van der Waals surface area contributed by atoms with Gasteiger partial charge in [-0.2, -0.15) is 0 Å². The molecule has 2 atom stereocenters. The van der Waals surface area contributed by atoms with Crippen LogP contribution in [-0.2, 0) is 12.1 Å². The molecule has 3 rings (SSSR count). The Balaban J connectivity index is 1.87. The van der Waals surface area contributed by atoms with Crippen molar-refractivity contribution in [1.82, 2.24) is 10.6 Å². The van der Waals surface area contributed by atoms with Gasteiger partial charge in [0.1, 0.15) is 5.82 Å². The third kappa shape index (κ3) is 3.85. The zero-order valence-corrected chi connectivity index (χ0v) is 15.8. The Morgan fingerprint density at radius 3 is 2.72 bits per heavy atom. The number of nitrogens with one attached hydrogen (secondary N) is 2. The molecule has 2 aromatic rings. The van der Waals surface area contributed by atoms with Gasteiger partial charge in [-0.05, 0) is 49.7 Å². The molecule has 1 aliphatic carbocycles. The van der Waals surface area contributed by atoms with Crippen molar-refractivity contribution in [2.75, 3.05) is 7.05 Å². The van der Waals surface area contributed by atoms with Crippen LogP contribution in [-0.4, -0.2) is 13.1 Å². The monoisotopic (exact) mass is 380 g/mol. The maximum Gasteiger partial charge on any atom is 0.127 e. The van der Waals surface area contributed by atoms with Crippen LogP contribution in [0.4, 0.5) is 4.39 Å². The van der Waals surface area contributed by atoms with E-state index < -0.39 is 0 Å². The topological polar surface area (TPSA) is 24.1 Å². The fourth-order valence-electron chi connectivity index (χ4n) is 3.94. The molecule has 0 aliphatic heterocycles. The molecular weight excluding hydrogens is 358 g/mol. The molecule has 134 valence electrons. The number of hydrogen-bond acceptors (Lipinski definition) is 2. The van der Waals surface area contributed by atoms with Gasteiger partial charge < -0.3 is 10.6 Å². The highest BCUT2D eigenvalue weighted by atomic mass is 35.5. The minimum Gasteiger partial charge on any atom is -0.309 e. The maximum absolute atomic E-state index is 14.0. The van der Waals surface area contributed by atoms with Crippen molar-refractivity contribution in [3.05, 3.63) is 69.5 Å². The lowest BCUT2D eigenvalue weighted by atomic mass is 9.72. The highest BCUT2D eigenvalue weighted by Gasteiger charge is 2.41. The first-order chi connectivity index (χ1) is 12.1. The Morgan fingerprint density at radius 1 is 1.16 bits per heavy atom. The largest absolute Gasteiger partial charge is 0.309 e. The maximum atomic E-state index is 14.0. The normalized spacial score (nSPS) is 23.6. The smallest absolute Gasteiger partial charge is 0.127 e. The quantitative estimate of drug-likeness (QED) is 0.736. The second-order valence-electron chi connectivity index (χ2n) is 6.62. The van der Waals surface area contributed by atoms with Crippen LogP contribution >= 0.6 is 23.2 Å². The Kier molecular flexibility index (Phi) is 6.00. The van der Waals surface area contributed by atoms with Gasteiger partial charge in [0.15, 0.2) is 0 Å². The Morgan fingerprint density at radius 2 is 1.96 bits per heavy atom. The summed E-state index contributed by atoms with van der Waals surface area (Å²) in [6.07, 6.45) is 4.27. The van der Waals surface area contributed by atoms with E-state index in [0.717, 1.165) is 36.3 Å². The third-order valence-electron chi connectivity index (χ3n) is 5.26. The highest BCUT2D eigenvalue weighted by Crippen LogP contribution is 2.40. The molecule has 1 saturated carbocycles. The zero-order chi connectivity index (χ0) is 17.9. The first kappa shape index (κ1) is 18.7. The van der Waals surface area contributed by atoms with E-state index in [1.165, 1.54) is 6.07 Å². The first-order valence-corrected chi connectivity index (χ1v) is 9.43. The fraction of sp³-hybridized carbons (Fsp3) is 0.400. The summed E-state index contributed by atoms with van der Waals surface area (Å²) in [4.78, 5) is 0. The second kappa shape index (κ2) is 8.05. The van der Waals surface area contributed by atoms with Gasteiger partial charge in [-0.1, -0.05) is 54.2 Å². The van der Waals surface area contributed by atoms with E-state index in [1.807, 2.05) is 25.2 Å².